The van der Waals surface area contributed by atoms with Crippen molar-refractivity contribution in [1.29, 1.82) is 0 Å². The Labute approximate surface area is 229 Å². The fourth-order valence-electron chi connectivity index (χ4n) is 6.09. The molecule has 1 saturated carbocycles. The van der Waals surface area contributed by atoms with Gasteiger partial charge in [-0.15, -0.1) is 0 Å². The number of aromatic hydroxyl groups is 1. The maximum Gasteiger partial charge on any atom is 0.133 e. The van der Waals surface area contributed by atoms with Gasteiger partial charge < -0.3 is 35.4 Å². The zero-order valence-electron chi connectivity index (χ0n) is 22.6. The lowest BCUT2D eigenvalue weighted by molar-refractivity contribution is -0.232. The van der Waals surface area contributed by atoms with Crippen LogP contribution in [-0.4, -0.2) is 74.1 Å². The summed E-state index contributed by atoms with van der Waals surface area (Å²) in [6, 6.07) is 11.5. The Morgan fingerprint density at radius 1 is 0.974 bits per heavy atom. The standard InChI is InChI=1S/C31H42O8/c1-19-13-25(35)24(30-29(38)28(37)27(36)26(17-32)39-30)15-22(19)14-21-9-7-20(8-10-21)5-4-6-23(34)16-31(18-33)11-2-3-12-31/h7-10,13,15,26-30,32-33,35-38H,2-6,11-12,14,16-18H2,1H3/t26-,27-,28+,29-,30+/m1/s1. The van der Waals surface area contributed by atoms with Crippen molar-refractivity contribution in [1.82, 2.24) is 0 Å². The SMILES string of the molecule is Cc1cc(O)c([C@@H]2O[C@H](CO)[C@@H](O)[C@H](O)[C@H]2O)cc1Cc1ccc(CCCC(=O)CC2(CO)CCCC2)cc1. The molecule has 0 radical (unpaired) electrons. The summed E-state index contributed by atoms with van der Waals surface area (Å²) in [6.07, 6.45) is 0.625. The molecule has 1 aliphatic heterocycles. The second kappa shape index (κ2) is 12.9. The van der Waals surface area contributed by atoms with Crippen LogP contribution in [0.4, 0.5) is 0 Å². The van der Waals surface area contributed by atoms with Crippen LogP contribution in [0, 0.1) is 12.3 Å². The number of carbonyl (C=O) groups is 1. The van der Waals surface area contributed by atoms with Crippen LogP contribution in [0.2, 0.25) is 0 Å². The van der Waals surface area contributed by atoms with Gasteiger partial charge in [0, 0.05) is 30.4 Å². The molecule has 2 aromatic rings. The van der Waals surface area contributed by atoms with Crippen LogP contribution in [0.15, 0.2) is 36.4 Å². The van der Waals surface area contributed by atoms with Gasteiger partial charge in [-0.05, 0) is 73.4 Å². The van der Waals surface area contributed by atoms with Gasteiger partial charge in [0.1, 0.15) is 42.1 Å². The van der Waals surface area contributed by atoms with Gasteiger partial charge in [-0.2, -0.15) is 0 Å². The number of aliphatic hydroxyl groups is 5. The first kappa shape index (κ1) is 29.6. The zero-order valence-corrected chi connectivity index (χ0v) is 22.6. The van der Waals surface area contributed by atoms with E-state index in [1.807, 2.05) is 19.1 Å². The molecule has 1 heterocycles. The van der Waals surface area contributed by atoms with E-state index in [0.29, 0.717) is 19.3 Å². The van der Waals surface area contributed by atoms with E-state index in [4.69, 9.17) is 4.74 Å². The number of aryl methyl sites for hydroxylation is 2. The Hall–Kier alpha value is -2.33. The number of ether oxygens (including phenoxy) is 1. The smallest absolute Gasteiger partial charge is 0.133 e. The molecule has 0 aromatic heterocycles. The molecule has 4 rings (SSSR count). The van der Waals surface area contributed by atoms with Gasteiger partial charge in [-0.1, -0.05) is 37.1 Å². The van der Waals surface area contributed by atoms with Crippen molar-refractivity contribution in [2.45, 2.75) is 95.2 Å². The molecule has 39 heavy (non-hydrogen) atoms. The van der Waals surface area contributed by atoms with Crippen molar-refractivity contribution < 1.29 is 40.2 Å². The fourth-order valence-corrected chi connectivity index (χ4v) is 6.09. The summed E-state index contributed by atoms with van der Waals surface area (Å²) < 4.78 is 5.65. The molecular formula is C31H42O8. The van der Waals surface area contributed by atoms with Gasteiger partial charge in [0.2, 0.25) is 0 Å². The molecule has 0 spiro atoms. The number of phenolic OH excluding ortho intramolecular Hbond substituents is 1. The number of benzene rings is 2. The molecule has 1 saturated heterocycles. The number of phenols is 1. The monoisotopic (exact) mass is 542 g/mol. The molecule has 8 heteroatoms. The molecule has 0 amide bonds. The first-order valence-corrected chi connectivity index (χ1v) is 14.0. The van der Waals surface area contributed by atoms with Crippen LogP contribution in [0.3, 0.4) is 0 Å². The van der Waals surface area contributed by atoms with Crippen LogP contribution in [-0.2, 0) is 22.4 Å². The Morgan fingerprint density at radius 3 is 2.28 bits per heavy atom. The molecule has 0 bridgehead atoms. The number of Topliss-reactive ketones (excluding diaryl/α,β-unsaturated/α-hetero) is 1. The number of carbonyl (C=O) groups excluding carboxylic acids is 1. The zero-order chi connectivity index (χ0) is 28.2. The van der Waals surface area contributed by atoms with Crippen molar-refractivity contribution in [3.63, 3.8) is 0 Å². The van der Waals surface area contributed by atoms with E-state index < -0.39 is 37.1 Å². The largest absolute Gasteiger partial charge is 0.508 e. The van der Waals surface area contributed by atoms with Gasteiger partial charge in [-0.3, -0.25) is 4.79 Å². The summed E-state index contributed by atoms with van der Waals surface area (Å²) >= 11 is 0. The van der Waals surface area contributed by atoms with Crippen LogP contribution in [0.1, 0.15) is 78.9 Å². The average Bonchev–Trinajstić information content (AvgIpc) is 3.39. The molecule has 5 atom stereocenters. The lowest BCUT2D eigenvalue weighted by Gasteiger charge is -2.40. The molecule has 6 N–H and O–H groups in total. The van der Waals surface area contributed by atoms with Crippen LogP contribution >= 0.6 is 0 Å². The van der Waals surface area contributed by atoms with E-state index in [1.165, 1.54) is 0 Å². The van der Waals surface area contributed by atoms with Crippen molar-refractivity contribution >= 4 is 5.78 Å². The van der Waals surface area contributed by atoms with Crippen LogP contribution in [0.25, 0.3) is 0 Å². The third-order valence-electron chi connectivity index (χ3n) is 8.59. The highest BCUT2D eigenvalue weighted by atomic mass is 16.5. The van der Waals surface area contributed by atoms with Crippen molar-refractivity contribution in [3.05, 3.63) is 64.2 Å². The van der Waals surface area contributed by atoms with E-state index >= 15 is 0 Å². The molecular weight excluding hydrogens is 500 g/mol. The molecule has 8 nitrogen and oxygen atoms in total. The van der Waals surface area contributed by atoms with Gasteiger partial charge in [0.15, 0.2) is 0 Å². The maximum atomic E-state index is 12.5. The summed E-state index contributed by atoms with van der Waals surface area (Å²) in [7, 11) is 0. The number of ketones is 1. The summed E-state index contributed by atoms with van der Waals surface area (Å²) in [6.45, 7) is 1.44. The maximum absolute atomic E-state index is 12.5. The third-order valence-corrected chi connectivity index (χ3v) is 8.59. The minimum Gasteiger partial charge on any atom is -0.508 e. The van der Waals surface area contributed by atoms with E-state index in [2.05, 4.69) is 12.1 Å². The van der Waals surface area contributed by atoms with Gasteiger partial charge in [0.05, 0.1) is 6.61 Å². The highest BCUT2D eigenvalue weighted by Gasteiger charge is 2.44. The minimum absolute atomic E-state index is 0.0942. The average molecular weight is 543 g/mol. The molecule has 2 aliphatic rings. The predicted molar refractivity (Wildman–Crippen MR) is 145 cm³/mol. The van der Waals surface area contributed by atoms with Crippen LogP contribution in [0.5, 0.6) is 5.75 Å². The molecule has 1 aliphatic carbocycles. The molecule has 214 valence electrons. The third kappa shape index (κ3) is 6.88. The Bertz CT molecular complexity index is 1110. The number of hydrogen-bond donors (Lipinski definition) is 6. The normalized spacial score (nSPS) is 26.6. The number of aliphatic hydroxyl groups excluding tert-OH is 5. The van der Waals surface area contributed by atoms with E-state index in [0.717, 1.165) is 60.8 Å². The quantitative estimate of drug-likeness (QED) is 0.254. The highest BCUT2D eigenvalue weighted by Crippen LogP contribution is 2.41. The second-order valence-electron chi connectivity index (χ2n) is 11.5. The van der Waals surface area contributed by atoms with Crippen LogP contribution < -0.4 is 0 Å². The summed E-state index contributed by atoms with van der Waals surface area (Å²) in [5.74, 6) is 0.142. The van der Waals surface area contributed by atoms with Crippen molar-refractivity contribution in [2.24, 2.45) is 5.41 Å². The Morgan fingerprint density at radius 2 is 1.64 bits per heavy atom. The summed E-state index contributed by atoms with van der Waals surface area (Å²) in [5, 5.41) is 60.6. The fraction of sp³-hybridized carbons (Fsp3) is 0.581. The van der Waals surface area contributed by atoms with Gasteiger partial charge >= 0.3 is 0 Å². The summed E-state index contributed by atoms with van der Waals surface area (Å²) in [4.78, 5) is 12.5. The van der Waals surface area contributed by atoms with E-state index in [9.17, 15) is 35.4 Å². The number of rotatable bonds is 11. The van der Waals surface area contributed by atoms with Crippen molar-refractivity contribution in [2.75, 3.05) is 13.2 Å². The first-order chi connectivity index (χ1) is 18.7. The topological polar surface area (TPSA) is 148 Å². The number of hydrogen-bond acceptors (Lipinski definition) is 8. The Balaban J connectivity index is 1.37. The highest BCUT2D eigenvalue weighted by molar-refractivity contribution is 5.79. The predicted octanol–water partition coefficient (Wildman–Crippen LogP) is 2.64. The lowest BCUT2D eigenvalue weighted by Crippen LogP contribution is -2.55. The lowest BCUT2D eigenvalue weighted by atomic mass is 9.81. The first-order valence-electron chi connectivity index (χ1n) is 14.0. The second-order valence-corrected chi connectivity index (χ2v) is 11.5. The molecule has 2 aromatic carbocycles. The summed E-state index contributed by atoms with van der Waals surface area (Å²) in [5.41, 5.74) is 4.06. The van der Waals surface area contributed by atoms with Gasteiger partial charge in [0.25, 0.3) is 0 Å². The van der Waals surface area contributed by atoms with Crippen molar-refractivity contribution in [3.8, 4) is 5.75 Å². The minimum atomic E-state index is -1.52. The Kier molecular flexibility index (Phi) is 9.80. The van der Waals surface area contributed by atoms with Gasteiger partial charge in [-0.25, -0.2) is 0 Å². The van der Waals surface area contributed by atoms with E-state index in [-0.39, 0.29) is 29.1 Å². The molecule has 0 unspecified atom stereocenters. The molecule has 2 fully saturated rings. The van der Waals surface area contributed by atoms with E-state index in [1.54, 1.807) is 12.1 Å².